The highest BCUT2D eigenvalue weighted by molar-refractivity contribution is 5.82. The van der Waals surface area contributed by atoms with E-state index in [1.807, 2.05) is 12.1 Å². The van der Waals surface area contributed by atoms with Crippen molar-refractivity contribution in [3.63, 3.8) is 0 Å². The number of aryl methyl sites for hydroxylation is 1. The fraction of sp³-hybridized carbons (Fsp3) is 0.308. The van der Waals surface area contributed by atoms with Crippen molar-refractivity contribution >= 4 is 0 Å². The Morgan fingerprint density at radius 3 is 2.24 bits per heavy atom. The number of benzene rings is 3. The van der Waals surface area contributed by atoms with Crippen LogP contribution in [0.2, 0.25) is 0 Å². The van der Waals surface area contributed by atoms with Crippen LogP contribution in [-0.2, 0) is 12.8 Å². The third-order valence-electron chi connectivity index (χ3n) is 6.65. The van der Waals surface area contributed by atoms with Gasteiger partial charge in [-0.05, 0) is 59.4 Å². The van der Waals surface area contributed by atoms with Crippen molar-refractivity contribution < 1.29 is 34.3 Å². The molecule has 3 aromatic rings. The summed E-state index contributed by atoms with van der Waals surface area (Å²) in [6, 6.07) is 10.6. The van der Waals surface area contributed by atoms with Gasteiger partial charge in [-0.25, -0.2) is 0 Å². The van der Waals surface area contributed by atoms with Crippen molar-refractivity contribution in [3.05, 3.63) is 58.7 Å². The Labute approximate surface area is 191 Å². The second-order valence-corrected chi connectivity index (χ2v) is 8.32. The molecule has 0 aromatic heterocycles. The van der Waals surface area contributed by atoms with Crippen LogP contribution >= 0.6 is 0 Å². The maximum Gasteiger partial charge on any atom is 0.200 e. The number of rotatable bonds is 4. The zero-order valence-electron chi connectivity index (χ0n) is 18.7. The van der Waals surface area contributed by atoms with E-state index in [0.717, 1.165) is 39.8 Å². The Balaban J connectivity index is 1.65. The maximum atomic E-state index is 11.6. The summed E-state index contributed by atoms with van der Waals surface area (Å²) in [4.78, 5) is 0. The van der Waals surface area contributed by atoms with Gasteiger partial charge < -0.3 is 34.3 Å². The normalized spacial score (nSPS) is 18.4. The molecule has 1 aliphatic heterocycles. The monoisotopic (exact) mass is 450 g/mol. The molecule has 7 nitrogen and oxygen atoms in total. The first-order valence-electron chi connectivity index (χ1n) is 10.8. The molecule has 33 heavy (non-hydrogen) atoms. The highest BCUT2D eigenvalue weighted by atomic mass is 16.5. The van der Waals surface area contributed by atoms with Crippen molar-refractivity contribution in [3.8, 4) is 45.6 Å². The standard InChI is InChI=1S/C26H26O7/c1-30-19-11-20-24(17-6-4-13-8-15(27)5-7-16(13)23(17)19)25(28)18(12-33-20)14-9-21(31-2)26(29)22(10-14)32-3/h5,7-11,18,25,27-29H,4,6,12H2,1-3H3/t18-,25-/m0/s1. The molecular formula is C26H26O7. The quantitative estimate of drug-likeness (QED) is 0.551. The van der Waals surface area contributed by atoms with Crippen LogP contribution in [0.25, 0.3) is 11.1 Å². The minimum absolute atomic E-state index is 0.0858. The molecule has 2 aliphatic rings. The van der Waals surface area contributed by atoms with Gasteiger partial charge in [-0.1, -0.05) is 6.07 Å². The van der Waals surface area contributed by atoms with E-state index in [2.05, 4.69) is 0 Å². The van der Waals surface area contributed by atoms with Crippen LogP contribution in [0.15, 0.2) is 36.4 Å². The van der Waals surface area contributed by atoms with Crippen LogP contribution in [0.4, 0.5) is 0 Å². The van der Waals surface area contributed by atoms with Crippen LogP contribution in [0.1, 0.15) is 34.3 Å². The molecule has 0 saturated carbocycles. The molecule has 3 N–H and O–H groups in total. The molecule has 0 amide bonds. The number of phenolic OH excluding ortho intramolecular Hbond substituents is 2. The lowest BCUT2D eigenvalue weighted by Gasteiger charge is -2.35. The van der Waals surface area contributed by atoms with Crippen LogP contribution in [-0.4, -0.2) is 43.3 Å². The van der Waals surface area contributed by atoms with E-state index < -0.39 is 6.10 Å². The number of aliphatic hydroxyl groups excluding tert-OH is 1. The number of aromatic hydroxyl groups is 2. The highest BCUT2D eigenvalue weighted by Gasteiger charge is 2.37. The molecule has 0 radical (unpaired) electrons. The summed E-state index contributed by atoms with van der Waals surface area (Å²) >= 11 is 0. The summed E-state index contributed by atoms with van der Waals surface area (Å²) in [5, 5.41) is 31.8. The van der Waals surface area contributed by atoms with Crippen molar-refractivity contribution in [2.24, 2.45) is 0 Å². The summed E-state index contributed by atoms with van der Waals surface area (Å²) in [7, 11) is 4.56. The fourth-order valence-corrected chi connectivity index (χ4v) is 5.03. The maximum absolute atomic E-state index is 11.6. The van der Waals surface area contributed by atoms with Gasteiger partial charge in [-0.15, -0.1) is 0 Å². The lowest BCUT2D eigenvalue weighted by molar-refractivity contribution is 0.0875. The van der Waals surface area contributed by atoms with E-state index in [0.29, 0.717) is 17.9 Å². The first-order valence-corrected chi connectivity index (χ1v) is 10.8. The molecule has 0 unspecified atom stereocenters. The van der Waals surface area contributed by atoms with Gasteiger partial charge in [-0.3, -0.25) is 0 Å². The molecule has 3 aromatic carbocycles. The van der Waals surface area contributed by atoms with E-state index >= 15 is 0 Å². The Hall–Kier alpha value is -3.58. The zero-order valence-corrected chi connectivity index (χ0v) is 18.7. The third-order valence-corrected chi connectivity index (χ3v) is 6.65. The Bertz CT molecular complexity index is 1210. The van der Waals surface area contributed by atoms with Gasteiger partial charge in [0.25, 0.3) is 0 Å². The number of methoxy groups -OCH3 is 3. The van der Waals surface area contributed by atoms with E-state index in [-0.39, 0.29) is 35.5 Å². The summed E-state index contributed by atoms with van der Waals surface area (Å²) in [5.41, 5.74) is 5.41. The molecular weight excluding hydrogens is 424 g/mol. The summed E-state index contributed by atoms with van der Waals surface area (Å²) in [5.74, 6) is 1.58. The number of hydrogen-bond acceptors (Lipinski definition) is 7. The summed E-state index contributed by atoms with van der Waals surface area (Å²) < 4.78 is 22.4. The van der Waals surface area contributed by atoms with Gasteiger partial charge in [0.2, 0.25) is 5.75 Å². The van der Waals surface area contributed by atoms with Gasteiger partial charge in [0.1, 0.15) is 17.2 Å². The van der Waals surface area contributed by atoms with Gasteiger partial charge in [-0.2, -0.15) is 0 Å². The molecule has 172 valence electrons. The largest absolute Gasteiger partial charge is 0.508 e. The van der Waals surface area contributed by atoms with Crippen molar-refractivity contribution in [2.75, 3.05) is 27.9 Å². The molecule has 1 aliphatic carbocycles. The molecule has 7 heteroatoms. The van der Waals surface area contributed by atoms with Gasteiger partial charge in [0, 0.05) is 23.1 Å². The van der Waals surface area contributed by atoms with E-state index in [4.69, 9.17) is 18.9 Å². The SMILES string of the molecule is COc1cc([C@@H]2COc3cc(OC)c4c(c3[C@H]2O)CCc2cc(O)ccc2-4)cc(OC)c1O. The smallest absolute Gasteiger partial charge is 0.200 e. The predicted octanol–water partition coefficient (Wildman–Crippen LogP) is 4.10. The van der Waals surface area contributed by atoms with Crippen LogP contribution in [0.3, 0.4) is 0 Å². The molecule has 1 heterocycles. The average molecular weight is 450 g/mol. The van der Waals surface area contributed by atoms with Crippen LogP contribution in [0.5, 0.6) is 34.5 Å². The summed E-state index contributed by atoms with van der Waals surface area (Å²) in [6.07, 6.45) is 0.570. The minimum atomic E-state index is -0.842. The second-order valence-electron chi connectivity index (χ2n) is 8.32. The highest BCUT2D eigenvalue weighted by Crippen LogP contribution is 2.52. The molecule has 0 saturated heterocycles. The molecule has 5 rings (SSSR count). The van der Waals surface area contributed by atoms with Gasteiger partial charge in [0.05, 0.1) is 34.0 Å². The first-order chi connectivity index (χ1) is 16.0. The van der Waals surface area contributed by atoms with E-state index in [9.17, 15) is 15.3 Å². The minimum Gasteiger partial charge on any atom is -0.508 e. The Morgan fingerprint density at radius 2 is 1.58 bits per heavy atom. The molecule has 0 spiro atoms. The zero-order chi connectivity index (χ0) is 23.3. The van der Waals surface area contributed by atoms with Crippen molar-refractivity contribution in [1.82, 2.24) is 0 Å². The Kier molecular flexibility index (Phi) is 5.21. The third kappa shape index (κ3) is 3.31. The second kappa shape index (κ2) is 8.08. The lowest BCUT2D eigenvalue weighted by Crippen LogP contribution is -2.26. The topological polar surface area (TPSA) is 97.6 Å². The Morgan fingerprint density at radius 1 is 0.879 bits per heavy atom. The van der Waals surface area contributed by atoms with Gasteiger partial charge >= 0.3 is 0 Å². The predicted molar refractivity (Wildman–Crippen MR) is 122 cm³/mol. The summed E-state index contributed by atoms with van der Waals surface area (Å²) in [6.45, 7) is 0.248. The fourth-order valence-electron chi connectivity index (χ4n) is 5.03. The van der Waals surface area contributed by atoms with E-state index in [1.165, 1.54) is 14.2 Å². The molecule has 2 atom stereocenters. The average Bonchev–Trinajstić information content (AvgIpc) is 2.83. The number of aliphatic hydroxyl groups is 1. The van der Waals surface area contributed by atoms with E-state index in [1.54, 1.807) is 31.4 Å². The number of ether oxygens (including phenoxy) is 4. The number of fused-ring (bicyclic) bond motifs is 5. The van der Waals surface area contributed by atoms with Crippen molar-refractivity contribution in [1.29, 1.82) is 0 Å². The first kappa shape index (κ1) is 21.3. The molecule has 0 bridgehead atoms. The van der Waals surface area contributed by atoms with Crippen LogP contribution in [0, 0.1) is 0 Å². The molecule has 0 fully saturated rings. The van der Waals surface area contributed by atoms with Crippen LogP contribution < -0.4 is 18.9 Å². The number of hydrogen-bond donors (Lipinski definition) is 3. The lowest BCUT2D eigenvalue weighted by atomic mass is 9.77. The van der Waals surface area contributed by atoms with Crippen molar-refractivity contribution in [2.45, 2.75) is 24.9 Å². The van der Waals surface area contributed by atoms with Gasteiger partial charge in [0.15, 0.2) is 11.5 Å². The number of phenols is 2.